The lowest BCUT2D eigenvalue weighted by molar-refractivity contribution is 0.155. The summed E-state index contributed by atoms with van der Waals surface area (Å²) >= 11 is 0. The van der Waals surface area contributed by atoms with E-state index in [-0.39, 0.29) is 24.4 Å². The Bertz CT molecular complexity index is 575. The van der Waals surface area contributed by atoms with Gasteiger partial charge in [-0.2, -0.15) is 0 Å². The maximum absolute atomic E-state index is 9.50. The molecule has 2 aromatic carbocycles. The molecule has 0 amide bonds. The summed E-state index contributed by atoms with van der Waals surface area (Å²) in [4.78, 5) is 2.43. The number of nitrogens with zero attached hydrogens (tertiary/aromatic N) is 1. The molecule has 0 radical (unpaired) electrons. The Labute approximate surface area is 138 Å². The monoisotopic (exact) mass is 311 g/mol. The van der Waals surface area contributed by atoms with Crippen molar-refractivity contribution in [3.8, 4) is 0 Å². The van der Waals surface area contributed by atoms with Gasteiger partial charge in [0, 0.05) is 19.1 Å². The first-order valence-electron chi connectivity index (χ1n) is 8.23. The average molecular weight is 311 g/mol. The minimum absolute atomic E-state index is 0.0759. The highest BCUT2D eigenvalue weighted by atomic mass is 16.6. The lowest BCUT2D eigenvalue weighted by atomic mass is 10.0. The van der Waals surface area contributed by atoms with Crippen LogP contribution in [0.25, 0.3) is 0 Å². The van der Waals surface area contributed by atoms with Gasteiger partial charge in [-0.1, -0.05) is 60.7 Å². The van der Waals surface area contributed by atoms with E-state index in [2.05, 4.69) is 60.4 Å². The third-order valence-electron chi connectivity index (χ3n) is 4.73. The Morgan fingerprint density at radius 1 is 1.00 bits per heavy atom. The highest BCUT2D eigenvalue weighted by molar-refractivity contribution is 5.18. The van der Waals surface area contributed by atoms with Crippen molar-refractivity contribution in [3.05, 3.63) is 71.8 Å². The molecule has 3 heteroatoms. The molecule has 3 nitrogen and oxygen atoms in total. The highest BCUT2D eigenvalue weighted by Gasteiger charge is 2.55. The molecule has 0 aliphatic carbocycles. The molecular weight excluding hydrogens is 286 g/mol. The third kappa shape index (κ3) is 3.81. The van der Waals surface area contributed by atoms with Gasteiger partial charge in [0.1, 0.15) is 11.7 Å². The van der Waals surface area contributed by atoms with E-state index in [0.29, 0.717) is 0 Å². The van der Waals surface area contributed by atoms with Crippen LogP contribution in [0, 0.1) is 0 Å². The van der Waals surface area contributed by atoms with Gasteiger partial charge < -0.3 is 9.84 Å². The van der Waals surface area contributed by atoms with E-state index < -0.39 is 0 Å². The fourth-order valence-corrected chi connectivity index (χ4v) is 3.16. The molecule has 1 saturated heterocycles. The lowest BCUT2D eigenvalue weighted by Crippen LogP contribution is -2.39. The number of benzene rings is 2. The van der Waals surface area contributed by atoms with Gasteiger partial charge in [0.15, 0.2) is 0 Å². The molecule has 3 atom stereocenters. The molecule has 1 aliphatic rings. The number of rotatable bonds is 7. The first-order valence-corrected chi connectivity index (χ1v) is 8.23. The van der Waals surface area contributed by atoms with Crippen molar-refractivity contribution >= 4 is 0 Å². The SMILES string of the molecule is C[C@H]([C@@H]1O[C@@]1(C)CO)N(Cc1ccccc1)Cc1ccccc1. The highest BCUT2D eigenvalue weighted by Crippen LogP contribution is 2.40. The number of epoxide rings is 1. The van der Waals surface area contributed by atoms with Crippen LogP contribution in [-0.2, 0) is 17.8 Å². The Balaban J connectivity index is 1.76. The number of ether oxygens (including phenoxy) is 1. The van der Waals surface area contributed by atoms with E-state index in [0.717, 1.165) is 13.1 Å². The van der Waals surface area contributed by atoms with Gasteiger partial charge in [0.25, 0.3) is 0 Å². The first kappa shape index (κ1) is 16.2. The van der Waals surface area contributed by atoms with Crippen molar-refractivity contribution < 1.29 is 9.84 Å². The molecule has 0 unspecified atom stereocenters. The average Bonchev–Trinajstić information content (AvgIpc) is 3.28. The molecule has 0 spiro atoms. The van der Waals surface area contributed by atoms with Gasteiger partial charge in [0.05, 0.1) is 6.61 Å². The second-order valence-electron chi connectivity index (χ2n) is 6.63. The quantitative estimate of drug-likeness (QED) is 0.798. The maximum Gasteiger partial charge on any atom is 0.117 e. The van der Waals surface area contributed by atoms with E-state index in [1.54, 1.807) is 0 Å². The summed E-state index contributed by atoms with van der Waals surface area (Å²) < 4.78 is 5.78. The topological polar surface area (TPSA) is 36.0 Å². The zero-order valence-corrected chi connectivity index (χ0v) is 13.9. The van der Waals surface area contributed by atoms with Crippen LogP contribution in [0.2, 0.25) is 0 Å². The van der Waals surface area contributed by atoms with Crippen molar-refractivity contribution in [2.24, 2.45) is 0 Å². The Morgan fingerprint density at radius 2 is 1.48 bits per heavy atom. The number of aliphatic hydroxyl groups excluding tert-OH is 1. The molecule has 0 bridgehead atoms. The fraction of sp³-hybridized carbons (Fsp3) is 0.400. The summed E-state index contributed by atoms with van der Waals surface area (Å²) in [6, 6.07) is 21.3. The molecule has 1 N–H and O–H groups in total. The zero-order chi connectivity index (χ0) is 16.3. The van der Waals surface area contributed by atoms with Crippen LogP contribution in [0.1, 0.15) is 25.0 Å². The van der Waals surface area contributed by atoms with Crippen molar-refractivity contribution in [1.82, 2.24) is 4.90 Å². The van der Waals surface area contributed by atoms with Crippen molar-refractivity contribution in [2.45, 2.75) is 44.7 Å². The predicted molar refractivity (Wildman–Crippen MR) is 92.0 cm³/mol. The molecule has 3 rings (SSSR count). The lowest BCUT2D eigenvalue weighted by Gasteiger charge is -2.29. The van der Waals surface area contributed by atoms with Crippen molar-refractivity contribution in [2.75, 3.05) is 6.61 Å². The zero-order valence-electron chi connectivity index (χ0n) is 13.9. The van der Waals surface area contributed by atoms with E-state index in [1.165, 1.54) is 11.1 Å². The molecule has 0 saturated carbocycles. The van der Waals surface area contributed by atoms with Crippen LogP contribution in [0.4, 0.5) is 0 Å². The second kappa shape index (κ2) is 6.83. The standard InChI is InChI=1S/C20H25NO2/c1-16(19-20(2,15-22)23-19)21(13-17-9-5-3-6-10-17)14-18-11-7-4-8-12-18/h3-12,16,19,22H,13-15H2,1-2H3/t16-,19+,20+/m1/s1. The van der Waals surface area contributed by atoms with Crippen LogP contribution in [0.15, 0.2) is 60.7 Å². The molecule has 23 heavy (non-hydrogen) atoms. The minimum atomic E-state index is -0.384. The molecule has 2 aromatic rings. The van der Waals surface area contributed by atoms with Crippen LogP contribution in [-0.4, -0.2) is 34.4 Å². The van der Waals surface area contributed by atoms with E-state index in [4.69, 9.17) is 4.74 Å². The van der Waals surface area contributed by atoms with Gasteiger partial charge in [0.2, 0.25) is 0 Å². The molecule has 0 aromatic heterocycles. The normalized spacial score (nSPS) is 24.6. The summed E-state index contributed by atoms with van der Waals surface area (Å²) in [6.45, 7) is 6.00. The van der Waals surface area contributed by atoms with Crippen LogP contribution < -0.4 is 0 Å². The number of hydrogen-bond acceptors (Lipinski definition) is 3. The summed E-state index contributed by atoms with van der Waals surface area (Å²) in [5, 5.41) is 9.50. The minimum Gasteiger partial charge on any atom is -0.393 e. The van der Waals surface area contributed by atoms with E-state index in [1.807, 2.05) is 19.1 Å². The summed E-state index contributed by atoms with van der Waals surface area (Å²) in [6.07, 6.45) is 0.0833. The molecular formula is C20H25NO2. The maximum atomic E-state index is 9.50. The van der Waals surface area contributed by atoms with Crippen LogP contribution >= 0.6 is 0 Å². The Kier molecular flexibility index (Phi) is 4.81. The Hall–Kier alpha value is -1.68. The van der Waals surface area contributed by atoms with E-state index in [9.17, 15) is 5.11 Å². The van der Waals surface area contributed by atoms with Gasteiger partial charge in [-0.05, 0) is 25.0 Å². The number of aliphatic hydroxyl groups is 1. The van der Waals surface area contributed by atoms with Gasteiger partial charge >= 0.3 is 0 Å². The summed E-state index contributed by atoms with van der Waals surface area (Å²) in [5.74, 6) is 0. The first-order chi connectivity index (χ1) is 11.1. The molecule has 122 valence electrons. The molecule has 1 aliphatic heterocycles. The third-order valence-corrected chi connectivity index (χ3v) is 4.73. The smallest absolute Gasteiger partial charge is 0.117 e. The molecule has 1 heterocycles. The summed E-state index contributed by atoms with van der Waals surface area (Å²) in [7, 11) is 0. The van der Waals surface area contributed by atoms with Gasteiger partial charge in [-0.3, -0.25) is 4.90 Å². The van der Waals surface area contributed by atoms with E-state index >= 15 is 0 Å². The van der Waals surface area contributed by atoms with Crippen molar-refractivity contribution in [3.63, 3.8) is 0 Å². The molecule has 1 fully saturated rings. The van der Waals surface area contributed by atoms with Gasteiger partial charge in [-0.25, -0.2) is 0 Å². The van der Waals surface area contributed by atoms with Crippen molar-refractivity contribution in [1.29, 1.82) is 0 Å². The largest absolute Gasteiger partial charge is 0.393 e. The second-order valence-corrected chi connectivity index (χ2v) is 6.63. The Morgan fingerprint density at radius 3 is 1.87 bits per heavy atom. The number of hydrogen-bond donors (Lipinski definition) is 1. The fourth-order valence-electron chi connectivity index (χ4n) is 3.16. The predicted octanol–water partition coefficient (Wildman–Crippen LogP) is 3.23. The van der Waals surface area contributed by atoms with Crippen LogP contribution in [0.3, 0.4) is 0 Å². The summed E-state index contributed by atoms with van der Waals surface area (Å²) in [5.41, 5.74) is 2.20. The van der Waals surface area contributed by atoms with Gasteiger partial charge in [-0.15, -0.1) is 0 Å². The van der Waals surface area contributed by atoms with Crippen LogP contribution in [0.5, 0.6) is 0 Å².